The normalized spacial score (nSPS) is 18.7. The Hall–Kier alpha value is 0.0700. The summed E-state index contributed by atoms with van der Waals surface area (Å²) in [4.78, 5) is 0. The Kier molecular flexibility index (Phi) is 3.15. The van der Waals surface area contributed by atoms with Gasteiger partial charge in [0.05, 0.1) is 11.9 Å². The lowest BCUT2D eigenvalue weighted by atomic mass is 10.5. The number of aliphatic hydroxyl groups is 1. The second kappa shape index (κ2) is 3.12. The van der Waals surface area contributed by atoms with E-state index in [1.807, 2.05) is 0 Å². The quantitative estimate of drug-likeness (QED) is 0.492. The topological polar surface area (TPSA) is 57.5 Å². The van der Waals surface area contributed by atoms with E-state index in [0.29, 0.717) is 0 Å². The molecule has 7 heavy (non-hydrogen) atoms. The molecule has 0 saturated carbocycles. The van der Waals surface area contributed by atoms with Crippen molar-refractivity contribution in [3.8, 4) is 0 Å². The highest BCUT2D eigenvalue weighted by atomic mass is 32.2. The van der Waals surface area contributed by atoms with Crippen molar-refractivity contribution in [3.05, 3.63) is 0 Å². The molecular weight excluding hydrogens is 116 g/mol. The molecule has 0 aromatic heterocycles. The first-order valence-electron chi connectivity index (χ1n) is 1.88. The molecule has 0 saturated heterocycles. The van der Waals surface area contributed by atoms with Gasteiger partial charge in [-0.3, -0.25) is 0 Å². The number of aliphatic hydroxyl groups excluding tert-OH is 1. The van der Waals surface area contributed by atoms with E-state index in [1.54, 1.807) is 0 Å². The molecule has 0 aromatic rings. The summed E-state index contributed by atoms with van der Waals surface area (Å²) in [5, 5.41) is 8.37. The Balaban J connectivity index is 3.13. The second-order valence-electron chi connectivity index (χ2n) is 1.34. The first kappa shape index (κ1) is 7.07. The van der Waals surface area contributed by atoms with Gasteiger partial charge in [0.1, 0.15) is 0 Å². The van der Waals surface area contributed by atoms with Crippen LogP contribution in [0.15, 0.2) is 0 Å². The van der Waals surface area contributed by atoms with Crippen LogP contribution in [0.5, 0.6) is 0 Å². The van der Waals surface area contributed by atoms with Crippen molar-refractivity contribution in [1.29, 1.82) is 0 Å². The summed E-state index contributed by atoms with van der Waals surface area (Å²) in [6.07, 6.45) is -0.675. The molecule has 0 amide bonds. The van der Waals surface area contributed by atoms with Crippen molar-refractivity contribution in [2.24, 2.45) is 0 Å². The Morgan fingerprint density at radius 2 is 2.29 bits per heavy atom. The average molecular weight is 124 g/mol. The fraction of sp³-hybridized carbons (Fsp3) is 1.00. The Bertz CT molecular complexity index is 70.6. The summed E-state index contributed by atoms with van der Waals surface area (Å²) >= 11 is -1.85. The van der Waals surface area contributed by atoms with Gasteiger partial charge in [-0.15, -0.1) is 0 Å². The SMILES string of the molecule is CC(O)CS(=O)O. The van der Waals surface area contributed by atoms with E-state index in [0.717, 1.165) is 0 Å². The lowest BCUT2D eigenvalue weighted by Crippen LogP contribution is -2.10. The van der Waals surface area contributed by atoms with Crippen LogP contribution < -0.4 is 0 Å². The Morgan fingerprint density at radius 3 is 2.29 bits per heavy atom. The largest absolute Gasteiger partial charge is 0.392 e. The van der Waals surface area contributed by atoms with Crippen LogP contribution in [0.1, 0.15) is 6.92 Å². The van der Waals surface area contributed by atoms with Gasteiger partial charge in [-0.25, -0.2) is 4.21 Å². The van der Waals surface area contributed by atoms with Crippen molar-refractivity contribution in [1.82, 2.24) is 0 Å². The maximum absolute atomic E-state index is 9.76. The van der Waals surface area contributed by atoms with E-state index in [-0.39, 0.29) is 5.75 Å². The lowest BCUT2D eigenvalue weighted by molar-refractivity contribution is 0.217. The summed E-state index contributed by atoms with van der Waals surface area (Å²) in [6.45, 7) is 1.47. The van der Waals surface area contributed by atoms with Gasteiger partial charge in [-0.1, -0.05) is 0 Å². The zero-order chi connectivity index (χ0) is 5.86. The summed E-state index contributed by atoms with van der Waals surface area (Å²) in [5.41, 5.74) is 0. The molecule has 0 radical (unpaired) electrons. The molecule has 2 unspecified atom stereocenters. The molecule has 0 spiro atoms. The molecule has 4 heteroatoms. The molecule has 44 valence electrons. The predicted octanol–water partition coefficient (Wildman–Crippen LogP) is -0.411. The van der Waals surface area contributed by atoms with Crippen LogP contribution in [-0.4, -0.2) is 25.7 Å². The van der Waals surface area contributed by atoms with Crippen LogP contribution in [-0.2, 0) is 11.1 Å². The molecule has 0 rings (SSSR count). The van der Waals surface area contributed by atoms with Crippen LogP contribution in [0.4, 0.5) is 0 Å². The van der Waals surface area contributed by atoms with Crippen molar-refractivity contribution in [2.45, 2.75) is 13.0 Å². The maximum atomic E-state index is 9.76. The average Bonchev–Trinajstić information content (AvgIpc) is 1.27. The van der Waals surface area contributed by atoms with E-state index in [1.165, 1.54) is 6.92 Å². The van der Waals surface area contributed by atoms with E-state index in [4.69, 9.17) is 9.66 Å². The molecule has 0 bridgehead atoms. The van der Waals surface area contributed by atoms with Crippen molar-refractivity contribution < 1.29 is 13.9 Å². The maximum Gasteiger partial charge on any atom is 0.155 e. The van der Waals surface area contributed by atoms with Gasteiger partial charge in [0.25, 0.3) is 0 Å². The minimum atomic E-state index is -1.85. The fourth-order valence-electron chi connectivity index (χ4n) is 0.206. The number of rotatable bonds is 2. The third-order valence-electron chi connectivity index (χ3n) is 0.384. The molecule has 3 nitrogen and oxygen atoms in total. The van der Waals surface area contributed by atoms with Gasteiger partial charge in [0.2, 0.25) is 0 Å². The van der Waals surface area contributed by atoms with E-state index >= 15 is 0 Å². The highest BCUT2D eigenvalue weighted by Gasteiger charge is 1.97. The molecule has 0 heterocycles. The molecule has 2 atom stereocenters. The van der Waals surface area contributed by atoms with Crippen LogP contribution in [0.2, 0.25) is 0 Å². The Morgan fingerprint density at radius 1 is 1.86 bits per heavy atom. The van der Waals surface area contributed by atoms with Crippen LogP contribution in [0.3, 0.4) is 0 Å². The van der Waals surface area contributed by atoms with Gasteiger partial charge in [0, 0.05) is 0 Å². The van der Waals surface area contributed by atoms with Gasteiger partial charge in [0.15, 0.2) is 11.1 Å². The van der Waals surface area contributed by atoms with E-state index in [9.17, 15) is 4.21 Å². The second-order valence-corrected chi connectivity index (χ2v) is 2.31. The smallest absolute Gasteiger partial charge is 0.155 e. The number of hydrogen-bond acceptors (Lipinski definition) is 2. The van der Waals surface area contributed by atoms with Gasteiger partial charge in [-0.2, -0.15) is 0 Å². The van der Waals surface area contributed by atoms with Crippen LogP contribution in [0, 0.1) is 0 Å². The molecule has 2 N–H and O–H groups in total. The summed E-state index contributed by atoms with van der Waals surface area (Å²) in [5.74, 6) is -0.0556. The van der Waals surface area contributed by atoms with Gasteiger partial charge >= 0.3 is 0 Å². The zero-order valence-electron chi connectivity index (χ0n) is 4.00. The predicted molar refractivity (Wildman–Crippen MR) is 27.3 cm³/mol. The van der Waals surface area contributed by atoms with Crippen molar-refractivity contribution >= 4 is 11.1 Å². The van der Waals surface area contributed by atoms with Gasteiger partial charge in [-0.05, 0) is 6.92 Å². The lowest BCUT2D eigenvalue weighted by Gasteiger charge is -1.94. The zero-order valence-corrected chi connectivity index (χ0v) is 4.81. The third kappa shape index (κ3) is 6.07. The first-order chi connectivity index (χ1) is 3.13. The van der Waals surface area contributed by atoms with Crippen LogP contribution in [0.25, 0.3) is 0 Å². The highest BCUT2D eigenvalue weighted by Crippen LogP contribution is 1.80. The summed E-state index contributed by atoms with van der Waals surface area (Å²) in [7, 11) is 0. The highest BCUT2D eigenvalue weighted by molar-refractivity contribution is 7.79. The molecule has 0 aliphatic carbocycles. The summed E-state index contributed by atoms with van der Waals surface area (Å²) < 4.78 is 17.8. The van der Waals surface area contributed by atoms with E-state index in [2.05, 4.69) is 0 Å². The van der Waals surface area contributed by atoms with Crippen LogP contribution >= 0.6 is 0 Å². The molecule has 0 aromatic carbocycles. The molecular formula is C3H8O3S. The molecule has 0 aliphatic rings. The monoisotopic (exact) mass is 124 g/mol. The first-order valence-corrected chi connectivity index (χ1v) is 3.16. The Labute approximate surface area is 44.6 Å². The fourth-order valence-corrected chi connectivity index (χ4v) is 0.619. The van der Waals surface area contributed by atoms with Gasteiger partial charge < -0.3 is 9.66 Å². The third-order valence-corrected chi connectivity index (χ3v) is 1.15. The standard InChI is InChI=1S/C3H8O3S/c1-3(4)2-7(5)6/h3-4H,2H2,1H3,(H,5,6). The minimum absolute atomic E-state index is 0.0556. The van der Waals surface area contributed by atoms with E-state index < -0.39 is 17.2 Å². The molecule has 0 aliphatic heterocycles. The minimum Gasteiger partial charge on any atom is -0.392 e. The van der Waals surface area contributed by atoms with Crippen molar-refractivity contribution in [3.63, 3.8) is 0 Å². The molecule has 0 fully saturated rings. The number of hydrogen-bond donors (Lipinski definition) is 2. The summed E-state index contributed by atoms with van der Waals surface area (Å²) in [6, 6.07) is 0. The van der Waals surface area contributed by atoms with Crippen molar-refractivity contribution in [2.75, 3.05) is 5.75 Å².